The number of nitrogens with one attached hydrogen (secondary N) is 2. The van der Waals surface area contributed by atoms with Crippen molar-refractivity contribution in [2.24, 2.45) is 7.05 Å². The van der Waals surface area contributed by atoms with E-state index >= 15 is 0 Å². The summed E-state index contributed by atoms with van der Waals surface area (Å²) in [6, 6.07) is 10.4. The summed E-state index contributed by atoms with van der Waals surface area (Å²) in [6.07, 6.45) is 7.30. The average Bonchev–Trinajstić information content (AvgIpc) is 3.53. The zero-order valence-electron chi connectivity index (χ0n) is 20.5. The number of anilines is 3. The normalized spacial score (nSPS) is 13.8. The van der Waals surface area contributed by atoms with Crippen molar-refractivity contribution in [1.29, 1.82) is 0 Å². The Bertz CT molecular complexity index is 1550. The third-order valence-electron chi connectivity index (χ3n) is 6.42. The summed E-state index contributed by atoms with van der Waals surface area (Å²) in [4.78, 5) is 11.4. The van der Waals surface area contributed by atoms with Crippen molar-refractivity contribution in [3.63, 3.8) is 0 Å². The Morgan fingerprint density at radius 1 is 1.00 bits per heavy atom. The van der Waals surface area contributed by atoms with Gasteiger partial charge < -0.3 is 20.3 Å². The van der Waals surface area contributed by atoms with E-state index in [4.69, 9.17) is 9.84 Å². The quantitative estimate of drug-likeness (QED) is 0.367. The number of benzene rings is 1. The third kappa shape index (κ3) is 4.45. The van der Waals surface area contributed by atoms with Crippen molar-refractivity contribution in [1.82, 2.24) is 34.7 Å². The first-order valence-corrected chi connectivity index (χ1v) is 12.0. The van der Waals surface area contributed by atoms with E-state index in [9.17, 15) is 4.39 Å². The van der Waals surface area contributed by atoms with Gasteiger partial charge in [-0.25, -0.2) is 18.9 Å². The van der Waals surface area contributed by atoms with Crippen LogP contribution in [0.1, 0.15) is 0 Å². The van der Waals surface area contributed by atoms with Gasteiger partial charge in [-0.05, 0) is 30.3 Å². The Hall–Kier alpha value is -4.51. The van der Waals surface area contributed by atoms with Gasteiger partial charge in [0.25, 0.3) is 0 Å². The average molecular weight is 500 g/mol. The predicted molar refractivity (Wildman–Crippen MR) is 140 cm³/mol. The number of aryl methyl sites for hydroxylation is 1. The number of methoxy groups -OCH3 is 1. The molecule has 2 N–H and O–H groups in total. The van der Waals surface area contributed by atoms with Crippen molar-refractivity contribution in [3.8, 4) is 28.1 Å². The summed E-state index contributed by atoms with van der Waals surface area (Å²) in [5, 5.41) is 15.7. The standard InChI is InChI=1S/C26H26FN9O/c1-34-16-17(13-31-34)22-12-20-15-30-26(32-24-6-4-19(14-29-24)35-9-7-28-8-10-35)33-36(20)25(22)21-5-3-18(27)11-23(21)37-2/h3-6,11-16,28H,7-10H2,1-2H3,(H,29,32,33). The summed E-state index contributed by atoms with van der Waals surface area (Å²) in [5.41, 5.74) is 5.07. The number of hydrogen-bond acceptors (Lipinski definition) is 8. The van der Waals surface area contributed by atoms with Crippen molar-refractivity contribution in [3.05, 3.63) is 67.0 Å². The number of rotatable bonds is 6. The fourth-order valence-corrected chi connectivity index (χ4v) is 4.61. The van der Waals surface area contributed by atoms with E-state index in [1.54, 1.807) is 27.7 Å². The second-order valence-electron chi connectivity index (χ2n) is 8.84. The highest BCUT2D eigenvalue weighted by Crippen LogP contribution is 2.39. The van der Waals surface area contributed by atoms with Gasteiger partial charge in [-0.3, -0.25) is 4.68 Å². The van der Waals surface area contributed by atoms with E-state index in [-0.39, 0.29) is 5.82 Å². The SMILES string of the molecule is COc1cc(F)ccc1-c1c(-c2cnn(C)c2)cc2cnc(Nc3ccc(N4CCNCC4)cn3)nn12. The minimum Gasteiger partial charge on any atom is -0.496 e. The summed E-state index contributed by atoms with van der Waals surface area (Å²) < 4.78 is 23.1. The maximum Gasteiger partial charge on any atom is 0.246 e. The molecular formula is C26H26FN9O. The molecule has 0 aliphatic carbocycles. The van der Waals surface area contributed by atoms with Crippen LogP contribution in [0.4, 0.5) is 21.8 Å². The molecule has 4 aromatic heterocycles. The van der Waals surface area contributed by atoms with Crippen molar-refractivity contribution in [2.75, 3.05) is 43.5 Å². The molecule has 37 heavy (non-hydrogen) atoms. The summed E-state index contributed by atoms with van der Waals surface area (Å²) in [5.74, 6) is 1.05. The van der Waals surface area contributed by atoms with Crippen LogP contribution < -0.4 is 20.3 Å². The molecule has 11 heteroatoms. The zero-order chi connectivity index (χ0) is 25.4. The second-order valence-corrected chi connectivity index (χ2v) is 8.84. The maximum absolute atomic E-state index is 14.0. The van der Waals surface area contributed by atoms with Crippen molar-refractivity contribution >= 4 is 23.0 Å². The lowest BCUT2D eigenvalue weighted by Crippen LogP contribution is -2.43. The molecule has 1 aromatic carbocycles. The number of hydrogen-bond donors (Lipinski definition) is 2. The maximum atomic E-state index is 14.0. The molecule has 1 aliphatic rings. The molecule has 1 saturated heterocycles. The lowest BCUT2D eigenvalue weighted by Gasteiger charge is -2.29. The van der Waals surface area contributed by atoms with Crippen molar-refractivity contribution < 1.29 is 9.13 Å². The van der Waals surface area contributed by atoms with Crippen LogP contribution in [-0.2, 0) is 7.05 Å². The highest BCUT2D eigenvalue weighted by molar-refractivity contribution is 5.88. The molecule has 0 atom stereocenters. The summed E-state index contributed by atoms with van der Waals surface area (Å²) in [6.45, 7) is 3.84. The Labute approximate surface area is 212 Å². The fourth-order valence-electron chi connectivity index (χ4n) is 4.61. The molecule has 0 saturated carbocycles. The molecule has 5 heterocycles. The molecule has 188 valence electrons. The number of nitrogens with zero attached hydrogens (tertiary/aromatic N) is 7. The van der Waals surface area contributed by atoms with Gasteiger partial charge in [0.1, 0.15) is 17.4 Å². The van der Waals surface area contributed by atoms with E-state index in [0.29, 0.717) is 23.1 Å². The van der Waals surface area contributed by atoms with Gasteiger partial charge in [0, 0.05) is 62.2 Å². The predicted octanol–water partition coefficient (Wildman–Crippen LogP) is 3.49. The van der Waals surface area contributed by atoms with Gasteiger partial charge in [-0.15, -0.1) is 5.10 Å². The molecule has 0 radical (unpaired) electrons. The lowest BCUT2D eigenvalue weighted by molar-refractivity contribution is 0.413. The smallest absolute Gasteiger partial charge is 0.246 e. The van der Waals surface area contributed by atoms with E-state index in [2.05, 4.69) is 30.6 Å². The molecule has 1 aliphatic heterocycles. The molecular weight excluding hydrogens is 473 g/mol. The van der Waals surface area contributed by atoms with E-state index in [1.807, 2.05) is 37.6 Å². The number of halogens is 1. The first-order chi connectivity index (χ1) is 18.1. The Balaban J connectivity index is 1.40. The third-order valence-corrected chi connectivity index (χ3v) is 6.42. The minimum absolute atomic E-state index is 0.378. The van der Waals surface area contributed by atoms with Gasteiger partial charge in [0.15, 0.2) is 0 Å². The van der Waals surface area contributed by atoms with Crippen LogP contribution >= 0.6 is 0 Å². The van der Waals surface area contributed by atoms with Gasteiger partial charge in [-0.1, -0.05) is 0 Å². The largest absolute Gasteiger partial charge is 0.496 e. The van der Waals surface area contributed by atoms with Crippen LogP contribution in [0.2, 0.25) is 0 Å². The van der Waals surface area contributed by atoms with Crippen LogP contribution in [0.5, 0.6) is 5.75 Å². The Morgan fingerprint density at radius 3 is 2.59 bits per heavy atom. The van der Waals surface area contributed by atoms with Crippen LogP contribution in [0, 0.1) is 5.82 Å². The van der Waals surface area contributed by atoms with Crippen LogP contribution in [0.15, 0.2) is 61.2 Å². The number of pyridine rings is 1. The molecule has 1 fully saturated rings. The topological polar surface area (TPSA) is 97.4 Å². The Morgan fingerprint density at radius 2 is 1.86 bits per heavy atom. The first kappa shape index (κ1) is 22.9. The molecule has 5 aromatic rings. The molecule has 0 unspecified atom stereocenters. The monoisotopic (exact) mass is 499 g/mol. The molecule has 6 rings (SSSR count). The number of ether oxygens (including phenoxy) is 1. The van der Waals surface area contributed by atoms with Gasteiger partial charge >= 0.3 is 0 Å². The van der Waals surface area contributed by atoms with Gasteiger partial charge in [0.05, 0.1) is 42.6 Å². The van der Waals surface area contributed by atoms with Gasteiger partial charge in [-0.2, -0.15) is 5.10 Å². The molecule has 0 spiro atoms. The number of aromatic nitrogens is 6. The summed E-state index contributed by atoms with van der Waals surface area (Å²) >= 11 is 0. The highest BCUT2D eigenvalue weighted by Gasteiger charge is 2.21. The number of fused-ring (bicyclic) bond motifs is 1. The number of piperazine rings is 1. The second kappa shape index (κ2) is 9.51. The minimum atomic E-state index is -0.378. The Kier molecular flexibility index (Phi) is 5.89. The van der Waals surface area contributed by atoms with E-state index in [1.165, 1.54) is 19.2 Å². The fraction of sp³-hybridized carbons (Fsp3) is 0.231. The summed E-state index contributed by atoms with van der Waals surface area (Å²) in [7, 11) is 3.38. The van der Waals surface area contributed by atoms with Crippen LogP contribution in [0.3, 0.4) is 0 Å². The van der Waals surface area contributed by atoms with Crippen LogP contribution in [-0.4, -0.2) is 62.7 Å². The lowest BCUT2D eigenvalue weighted by atomic mass is 10.0. The zero-order valence-corrected chi connectivity index (χ0v) is 20.5. The molecule has 0 bridgehead atoms. The van der Waals surface area contributed by atoms with Gasteiger partial charge in [0.2, 0.25) is 5.95 Å². The van der Waals surface area contributed by atoms with Crippen molar-refractivity contribution in [2.45, 2.75) is 0 Å². The molecule has 10 nitrogen and oxygen atoms in total. The first-order valence-electron chi connectivity index (χ1n) is 12.0. The molecule has 0 amide bonds. The highest BCUT2D eigenvalue weighted by atomic mass is 19.1. The van der Waals surface area contributed by atoms with E-state index in [0.717, 1.165) is 54.2 Å². The van der Waals surface area contributed by atoms with E-state index < -0.39 is 0 Å². The van der Waals surface area contributed by atoms with Crippen LogP contribution in [0.25, 0.3) is 27.9 Å².